The number of halogens is 3. The zero-order chi connectivity index (χ0) is 27.0. The summed E-state index contributed by atoms with van der Waals surface area (Å²) in [6.45, 7) is 4.94. The van der Waals surface area contributed by atoms with Crippen LogP contribution in [0.1, 0.15) is 67.1 Å². The monoisotopic (exact) mass is 530 g/mol. The van der Waals surface area contributed by atoms with Crippen molar-refractivity contribution >= 4 is 17.2 Å². The number of carbonyl (C=O) groups excluding carboxylic acids is 1. The molecular formula is C27H33F3N6O2. The molecule has 0 radical (unpaired) electrons. The molecule has 38 heavy (non-hydrogen) atoms. The Morgan fingerprint density at radius 3 is 2.71 bits per heavy atom. The number of aliphatic hydroxyl groups is 1. The van der Waals surface area contributed by atoms with Gasteiger partial charge in [-0.3, -0.25) is 9.69 Å². The predicted octanol–water partition coefficient (Wildman–Crippen LogP) is 3.90. The van der Waals surface area contributed by atoms with Gasteiger partial charge < -0.3 is 15.3 Å². The largest absolute Gasteiger partial charge is 0.395 e. The maximum atomic E-state index is 14.9. The normalized spacial score (nSPS) is 20.3. The first kappa shape index (κ1) is 26.4. The van der Waals surface area contributed by atoms with Crippen molar-refractivity contribution in [3.63, 3.8) is 0 Å². The number of hydrogen-bond donors (Lipinski definition) is 2. The molecule has 0 unspecified atom stereocenters. The van der Waals surface area contributed by atoms with Gasteiger partial charge in [-0.1, -0.05) is 18.2 Å². The van der Waals surface area contributed by atoms with E-state index in [0.29, 0.717) is 24.2 Å². The lowest BCUT2D eigenvalue weighted by Gasteiger charge is -2.40. The van der Waals surface area contributed by atoms with Crippen molar-refractivity contribution in [1.82, 2.24) is 24.8 Å². The van der Waals surface area contributed by atoms with E-state index in [2.05, 4.69) is 25.2 Å². The summed E-state index contributed by atoms with van der Waals surface area (Å²) in [5, 5.41) is 16.7. The van der Waals surface area contributed by atoms with Gasteiger partial charge >= 0.3 is 0 Å². The number of fused-ring (bicyclic) bond motifs is 1. The zero-order valence-electron chi connectivity index (χ0n) is 21.6. The van der Waals surface area contributed by atoms with Gasteiger partial charge in [0.1, 0.15) is 12.1 Å². The molecule has 1 aromatic carbocycles. The maximum absolute atomic E-state index is 14.9. The summed E-state index contributed by atoms with van der Waals surface area (Å²) in [5.41, 5.74) is 1.01. The van der Waals surface area contributed by atoms with Gasteiger partial charge in [-0.15, -0.1) is 0 Å². The molecule has 204 valence electrons. The molecule has 2 N–H and O–H groups in total. The number of nitrogens with one attached hydrogen (secondary N) is 1. The van der Waals surface area contributed by atoms with Crippen LogP contribution in [0.25, 0.3) is 5.65 Å². The summed E-state index contributed by atoms with van der Waals surface area (Å²) < 4.78 is 44.0. The minimum absolute atomic E-state index is 0.00963. The Balaban J connectivity index is 1.34. The van der Waals surface area contributed by atoms with E-state index in [9.17, 15) is 23.1 Å². The lowest BCUT2D eigenvalue weighted by Crippen LogP contribution is -2.47. The van der Waals surface area contributed by atoms with Crippen LogP contribution in [0.3, 0.4) is 0 Å². The highest BCUT2D eigenvalue weighted by Gasteiger charge is 2.33. The first-order valence-corrected chi connectivity index (χ1v) is 13.1. The fourth-order valence-electron chi connectivity index (χ4n) is 5.82. The third kappa shape index (κ3) is 5.09. The maximum Gasteiger partial charge on any atom is 0.273 e. The third-order valence-corrected chi connectivity index (χ3v) is 7.84. The van der Waals surface area contributed by atoms with E-state index in [4.69, 9.17) is 0 Å². The van der Waals surface area contributed by atoms with Crippen LogP contribution in [-0.4, -0.2) is 68.8 Å². The first-order valence-electron chi connectivity index (χ1n) is 13.1. The standard InChI is InChI=1S/C27H33F3N6O2/c1-17(21-6-3-7-22(24(21)28)27(2,29)30)33-26(38)18-13-23(25-31-16-32-36(25)14-18)34-11-8-19(9-12-34)35-10-4-5-20(35)15-37/h3,6-7,13-14,16-17,19-20,37H,4-5,8-12,15H2,1-2H3,(H,33,38)/t17-,20+/m1/s1. The average molecular weight is 531 g/mol. The van der Waals surface area contributed by atoms with Gasteiger partial charge in [0, 0.05) is 43.9 Å². The van der Waals surface area contributed by atoms with Crippen molar-refractivity contribution in [3.8, 4) is 0 Å². The van der Waals surface area contributed by atoms with Crippen LogP contribution in [-0.2, 0) is 5.92 Å². The van der Waals surface area contributed by atoms with Gasteiger partial charge in [0.25, 0.3) is 11.8 Å². The van der Waals surface area contributed by atoms with Crippen molar-refractivity contribution < 1.29 is 23.1 Å². The second kappa shape index (κ2) is 10.5. The quantitative estimate of drug-likeness (QED) is 0.482. The van der Waals surface area contributed by atoms with E-state index in [0.717, 1.165) is 57.1 Å². The van der Waals surface area contributed by atoms with Crippen molar-refractivity contribution in [3.05, 3.63) is 59.3 Å². The van der Waals surface area contributed by atoms with E-state index < -0.39 is 29.3 Å². The summed E-state index contributed by atoms with van der Waals surface area (Å²) >= 11 is 0. The molecule has 3 aromatic rings. The number of hydrogen-bond acceptors (Lipinski definition) is 6. The summed E-state index contributed by atoms with van der Waals surface area (Å²) in [6, 6.07) is 5.37. The second-order valence-corrected chi connectivity index (χ2v) is 10.4. The van der Waals surface area contributed by atoms with Gasteiger partial charge in [0.05, 0.1) is 29.5 Å². The topological polar surface area (TPSA) is 86.0 Å². The van der Waals surface area contributed by atoms with Crippen molar-refractivity contribution in [2.75, 3.05) is 31.1 Å². The number of pyridine rings is 1. The van der Waals surface area contributed by atoms with Crippen LogP contribution in [0.5, 0.6) is 0 Å². The summed E-state index contributed by atoms with van der Waals surface area (Å²) in [4.78, 5) is 22.2. The van der Waals surface area contributed by atoms with Gasteiger partial charge in [0.15, 0.2) is 5.65 Å². The Hall–Kier alpha value is -3.18. The van der Waals surface area contributed by atoms with Crippen molar-refractivity contribution in [2.24, 2.45) is 0 Å². The molecular weight excluding hydrogens is 497 g/mol. The molecule has 0 bridgehead atoms. The van der Waals surface area contributed by atoms with E-state index >= 15 is 0 Å². The lowest BCUT2D eigenvalue weighted by molar-refractivity contribution is 0.0135. The van der Waals surface area contributed by atoms with Gasteiger partial charge in [-0.25, -0.2) is 22.7 Å². The van der Waals surface area contributed by atoms with Crippen molar-refractivity contribution in [1.29, 1.82) is 0 Å². The van der Waals surface area contributed by atoms with Crippen molar-refractivity contribution in [2.45, 2.75) is 63.6 Å². The highest BCUT2D eigenvalue weighted by Crippen LogP contribution is 2.33. The third-order valence-electron chi connectivity index (χ3n) is 7.84. The number of amides is 1. The fraction of sp³-hybridized carbons (Fsp3) is 0.519. The average Bonchev–Trinajstić information content (AvgIpc) is 3.57. The number of carbonyl (C=O) groups is 1. The van der Waals surface area contributed by atoms with Crippen LogP contribution in [0, 0.1) is 5.82 Å². The molecule has 0 aliphatic carbocycles. The number of piperidine rings is 1. The Kier molecular flexibility index (Phi) is 7.32. The SMILES string of the molecule is C[C@@H](NC(=O)c1cc(N2CCC(N3CCC[C@H]3CO)CC2)c2ncnn2c1)c1cccc(C(C)(F)F)c1F. The van der Waals surface area contributed by atoms with E-state index in [1.165, 1.54) is 18.5 Å². The van der Waals surface area contributed by atoms with Gasteiger partial charge in [-0.05, 0) is 45.2 Å². The van der Waals surface area contributed by atoms with Crippen LogP contribution >= 0.6 is 0 Å². The smallest absolute Gasteiger partial charge is 0.273 e. The Bertz CT molecular complexity index is 1300. The number of nitrogens with zero attached hydrogens (tertiary/aromatic N) is 5. The molecule has 0 spiro atoms. The van der Waals surface area contributed by atoms with Crippen LogP contribution in [0.4, 0.5) is 18.9 Å². The molecule has 2 aliphatic heterocycles. The van der Waals surface area contributed by atoms with Gasteiger partial charge in [-0.2, -0.15) is 5.10 Å². The minimum atomic E-state index is -3.34. The molecule has 1 amide bonds. The molecule has 5 rings (SSSR count). The Morgan fingerprint density at radius 1 is 1.24 bits per heavy atom. The molecule has 11 heteroatoms. The van der Waals surface area contributed by atoms with Gasteiger partial charge in [0.2, 0.25) is 0 Å². The van der Waals surface area contributed by atoms with E-state index in [1.54, 1.807) is 23.7 Å². The molecule has 4 heterocycles. The summed E-state index contributed by atoms with van der Waals surface area (Å²) in [7, 11) is 0. The van der Waals surface area contributed by atoms with Crippen LogP contribution in [0.2, 0.25) is 0 Å². The molecule has 2 saturated heterocycles. The summed E-state index contributed by atoms with van der Waals surface area (Å²) in [6.07, 6.45) is 6.99. The van der Waals surface area contributed by atoms with Crippen LogP contribution < -0.4 is 10.2 Å². The number of anilines is 1. The number of benzene rings is 1. The Morgan fingerprint density at radius 2 is 2.00 bits per heavy atom. The fourth-order valence-corrected chi connectivity index (χ4v) is 5.82. The first-order chi connectivity index (χ1) is 18.2. The van der Waals surface area contributed by atoms with E-state index in [1.807, 2.05) is 0 Å². The molecule has 2 fully saturated rings. The number of aromatic nitrogens is 3. The number of rotatable bonds is 7. The van der Waals surface area contributed by atoms with E-state index in [-0.39, 0.29) is 18.2 Å². The molecule has 2 aliphatic rings. The number of likely N-dealkylation sites (tertiary alicyclic amines) is 1. The Labute approximate surface area is 219 Å². The summed E-state index contributed by atoms with van der Waals surface area (Å²) in [5.74, 6) is -4.83. The molecule has 2 atom stereocenters. The number of aliphatic hydroxyl groups excluding tert-OH is 1. The molecule has 2 aromatic heterocycles. The highest BCUT2D eigenvalue weighted by atomic mass is 19.3. The molecule has 8 nitrogen and oxygen atoms in total. The second-order valence-electron chi connectivity index (χ2n) is 10.4. The predicted molar refractivity (Wildman–Crippen MR) is 137 cm³/mol. The highest BCUT2D eigenvalue weighted by molar-refractivity contribution is 5.96. The minimum Gasteiger partial charge on any atom is -0.395 e. The molecule has 0 saturated carbocycles. The lowest BCUT2D eigenvalue weighted by atomic mass is 10.0. The zero-order valence-corrected chi connectivity index (χ0v) is 21.6. The number of alkyl halides is 2. The van der Waals surface area contributed by atoms with Crippen LogP contribution in [0.15, 0.2) is 36.8 Å².